The summed E-state index contributed by atoms with van der Waals surface area (Å²) in [6.45, 7) is 20.5. The normalized spacial score (nSPS) is 13.5. The van der Waals surface area contributed by atoms with Gasteiger partial charge in [0.1, 0.15) is 0 Å². The Kier molecular flexibility index (Phi) is 12.6. The SMILES string of the molecule is C.CC(C)C(C)(C)C.CCC(CCO)C(C)(C)C. The van der Waals surface area contributed by atoms with E-state index in [1.807, 2.05) is 0 Å². The van der Waals surface area contributed by atoms with Crippen LogP contribution in [0.4, 0.5) is 0 Å². The van der Waals surface area contributed by atoms with E-state index in [0.717, 1.165) is 12.3 Å². The van der Waals surface area contributed by atoms with Gasteiger partial charge in [-0.15, -0.1) is 0 Å². The van der Waals surface area contributed by atoms with Crippen molar-refractivity contribution in [1.82, 2.24) is 0 Å². The summed E-state index contributed by atoms with van der Waals surface area (Å²) < 4.78 is 0. The van der Waals surface area contributed by atoms with Crippen LogP contribution in [0, 0.1) is 22.7 Å². The van der Waals surface area contributed by atoms with Crippen molar-refractivity contribution in [3.05, 3.63) is 0 Å². The predicted molar refractivity (Wildman–Crippen MR) is 86.0 cm³/mol. The summed E-state index contributed by atoms with van der Waals surface area (Å²) in [6, 6.07) is 0. The molecule has 0 fully saturated rings. The molecule has 0 spiro atoms. The van der Waals surface area contributed by atoms with Crippen LogP contribution in [-0.4, -0.2) is 11.7 Å². The van der Waals surface area contributed by atoms with E-state index in [-0.39, 0.29) is 7.43 Å². The minimum absolute atomic E-state index is 0. The second-order valence-electron chi connectivity index (χ2n) is 7.50. The molecule has 0 aliphatic carbocycles. The monoisotopic (exact) mass is 260 g/mol. The van der Waals surface area contributed by atoms with E-state index in [9.17, 15) is 0 Å². The molecule has 1 nitrogen and oxygen atoms in total. The third-order valence-corrected chi connectivity index (χ3v) is 3.93. The first kappa shape index (κ1) is 23.1. The van der Waals surface area contributed by atoms with Gasteiger partial charge in [-0.2, -0.15) is 0 Å². The Morgan fingerprint density at radius 3 is 1.28 bits per heavy atom. The molecule has 1 atom stereocenters. The van der Waals surface area contributed by atoms with Crippen molar-refractivity contribution in [2.24, 2.45) is 22.7 Å². The van der Waals surface area contributed by atoms with E-state index in [2.05, 4.69) is 62.3 Å². The van der Waals surface area contributed by atoms with Gasteiger partial charge in [-0.3, -0.25) is 0 Å². The molecule has 0 aromatic carbocycles. The molecule has 18 heavy (non-hydrogen) atoms. The molecule has 1 heteroatoms. The molecule has 0 rings (SSSR count). The molecule has 0 saturated heterocycles. The molecule has 0 radical (unpaired) electrons. The van der Waals surface area contributed by atoms with Crippen LogP contribution < -0.4 is 0 Å². The molecule has 0 bridgehead atoms. The quantitative estimate of drug-likeness (QED) is 0.683. The van der Waals surface area contributed by atoms with Crippen molar-refractivity contribution in [2.75, 3.05) is 6.61 Å². The van der Waals surface area contributed by atoms with Crippen LogP contribution in [-0.2, 0) is 0 Å². The van der Waals surface area contributed by atoms with Crippen molar-refractivity contribution in [3.8, 4) is 0 Å². The maximum atomic E-state index is 8.73. The maximum Gasteiger partial charge on any atom is 0.0433 e. The lowest BCUT2D eigenvalue weighted by Gasteiger charge is -2.29. The summed E-state index contributed by atoms with van der Waals surface area (Å²) in [5.41, 5.74) is 0.859. The Bertz CT molecular complexity index is 169. The van der Waals surface area contributed by atoms with Gasteiger partial charge in [0.25, 0.3) is 0 Å². The van der Waals surface area contributed by atoms with E-state index in [4.69, 9.17) is 5.11 Å². The van der Waals surface area contributed by atoms with E-state index in [1.165, 1.54) is 6.42 Å². The lowest BCUT2D eigenvalue weighted by molar-refractivity contribution is 0.169. The first-order chi connectivity index (χ1) is 7.46. The van der Waals surface area contributed by atoms with Gasteiger partial charge in [0.05, 0.1) is 0 Å². The molecule has 0 aliphatic heterocycles. The third-order valence-electron chi connectivity index (χ3n) is 3.93. The second kappa shape index (κ2) is 9.83. The Hall–Kier alpha value is -0.0400. The lowest BCUT2D eigenvalue weighted by atomic mass is 9.77. The van der Waals surface area contributed by atoms with Crippen LogP contribution in [0.1, 0.15) is 82.6 Å². The van der Waals surface area contributed by atoms with Gasteiger partial charge in [-0.25, -0.2) is 0 Å². The Morgan fingerprint density at radius 1 is 0.889 bits per heavy atom. The average Bonchev–Trinajstić information content (AvgIpc) is 2.11. The highest BCUT2D eigenvalue weighted by atomic mass is 16.3. The van der Waals surface area contributed by atoms with Gasteiger partial charge in [0, 0.05) is 6.61 Å². The molecule has 0 amide bonds. The second-order valence-corrected chi connectivity index (χ2v) is 7.50. The van der Waals surface area contributed by atoms with Crippen molar-refractivity contribution in [3.63, 3.8) is 0 Å². The highest BCUT2D eigenvalue weighted by Gasteiger charge is 2.21. The fourth-order valence-electron chi connectivity index (χ4n) is 1.41. The van der Waals surface area contributed by atoms with E-state index in [1.54, 1.807) is 0 Å². The summed E-state index contributed by atoms with van der Waals surface area (Å²) in [5.74, 6) is 1.46. The zero-order valence-corrected chi connectivity index (χ0v) is 13.7. The van der Waals surface area contributed by atoms with Crippen LogP contribution >= 0.6 is 0 Å². The first-order valence-corrected chi connectivity index (χ1v) is 7.07. The van der Waals surface area contributed by atoms with E-state index >= 15 is 0 Å². The number of aliphatic hydroxyl groups is 1. The van der Waals surface area contributed by atoms with E-state index < -0.39 is 0 Å². The Labute approximate surface area is 117 Å². The number of rotatable bonds is 3. The minimum atomic E-state index is 0. The zero-order valence-electron chi connectivity index (χ0n) is 13.7. The molecule has 1 N–H and O–H groups in total. The van der Waals surface area contributed by atoms with Crippen LogP contribution in [0.3, 0.4) is 0 Å². The van der Waals surface area contributed by atoms with Gasteiger partial charge < -0.3 is 5.11 Å². The van der Waals surface area contributed by atoms with Gasteiger partial charge >= 0.3 is 0 Å². The van der Waals surface area contributed by atoms with Crippen molar-refractivity contribution >= 4 is 0 Å². The molecular weight excluding hydrogens is 220 g/mol. The number of hydrogen-bond donors (Lipinski definition) is 1. The maximum absolute atomic E-state index is 8.73. The molecule has 0 heterocycles. The van der Waals surface area contributed by atoms with Crippen molar-refractivity contribution < 1.29 is 5.11 Å². The fourth-order valence-corrected chi connectivity index (χ4v) is 1.41. The van der Waals surface area contributed by atoms with Crippen LogP contribution in [0.5, 0.6) is 0 Å². The molecule has 1 unspecified atom stereocenters. The van der Waals surface area contributed by atoms with Crippen molar-refractivity contribution in [1.29, 1.82) is 0 Å². The van der Waals surface area contributed by atoms with Crippen molar-refractivity contribution in [2.45, 2.75) is 82.6 Å². The molecule has 0 aromatic rings. The largest absolute Gasteiger partial charge is 0.396 e. The van der Waals surface area contributed by atoms with Crippen LogP contribution in [0.25, 0.3) is 0 Å². The predicted octanol–water partition coefficient (Wildman–Crippen LogP) is 5.77. The van der Waals surface area contributed by atoms with Crippen LogP contribution in [0.2, 0.25) is 0 Å². The van der Waals surface area contributed by atoms with Gasteiger partial charge in [-0.05, 0) is 29.1 Å². The van der Waals surface area contributed by atoms with Gasteiger partial charge in [-0.1, -0.05) is 76.2 Å². The average molecular weight is 261 g/mol. The van der Waals surface area contributed by atoms with Gasteiger partial charge in [0.15, 0.2) is 0 Å². The highest BCUT2D eigenvalue weighted by molar-refractivity contribution is 4.72. The Balaban J connectivity index is -0.000000251. The molecule has 114 valence electrons. The molecule has 0 saturated carbocycles. The summed E-state index contributed by atoms with van der Waals surface area (Å²) in [4.78, 5) is 0. The standard InChI is InChI=1S/C9H20O.C7H16.CH4/c1-5-8(6-7-10)9(2,3)4;1-6(2)7(3,4)5;/h8,10H,5-7H2,1-4H3;6H,1-5H3;1H4. The summed E-state index contributed by atoms with van der Waals surface area (Å²) in [7, 11) is 0. The van der Waals surface area contributed by atoms with Gasteiger partial charge in [0.2, 0.25) is 0 Å². The zero-order chi connectivity index (χ0) is 14.3. The number of aliphatic hydroxyl groups excluding tert-OH is 1. The first-order valence-electron chi connectivity index (χ1n) is 7.07. The third kappa shape index (κ3) is 12.4. The lowest BCUT2D eigenvalue weighted by Crippen LogP contribution is -2.20. The molecule has 0 aliphatic rings. The highest BCUT2D eigenvalue weighted by Crippen LogP contribution is 2.30. The molecule has 0 aromatic heterocycles. The smallest absolute Gasteiger partial charge is 0.0433 e. The molecular formula is C17H40O. The minimum Gasteiger partial charge on any atom is -0.396 e. The summed E-state index contributed by atoms with van der Waals surface area (Å²) in [6.07, 6.45) is 2.12. The Morgan fingerprint density at radius 2 is 1.22 bits per heavy atom. The summed E-state index contributed by atoms with van der Waals surface area (Å²) >= 11 is 0. The topological polar surface area (TPSA) is 20.2 Å². The van der Waals surface area contributed by atoms with E-state index in [0.29, 0.717) is 23.4 Å². The number of hydrogen-bond acceptors (Lipinski definition) is 1. The fraction of sp³-hybridized carbons (Fsp3) is 1.00. The van der Waals surface area contributed by atoms with Crippen LogP contribution in [0.15, 0.2) is 0 Å². The summed E-state index contributed by atoms with van der Waals surface area (Å²) in [5, 5.41) is 8.73.